The Morgan fingerprint density at radius 1 is 1.00 bits per heavy atom. The van der Waals surface area contributed by atoms with Crippen molar-refractivity contribution in [3.8, 4) is 5.69 Å². The van der Waals surface area contributed by atoms with Gasteiger partial charge in [0.2, 0.25) is 10.0 Å². The zero-order chi connectivity index (χ0) is 21.6. The Bertz CT molecular complexity index is 1340. The van der Waals surface area contributed by atoms with Crippen LogP contribution in [0.1, 0.15) is 30.0 Å². The third-order valence-electron chi connectivity index (χ3n) is 5.80. The van der Waals surface area contributed by atoms with Gasteiger partial charge in [0.1, 0.15) is 11.8 Å². The molecule has 1 aliphatic rings. The molecule has 0 atom stereocenters. The van der Waals surface area contributed by atoms with E-state index < -0.39 is 10.0 Å². The summed E-state index contributed by atoms with van der Waals surface area (Å²) in [5.74, 6) is 0. The van der Waals surface area contributed by atoms with Crippen molar-refractivity contribution in [2.45, 2.75) is 37.6 Å². The number of benzene rings is 2. The number of hydrogen-bond acceptors (Lipinski definition) is 7. The molecule has 0 radical (unpaired) electrons. The van der Waals surface area contributed by atoms with E-state index in [-0.39, 0.29) is 10.9 Å². The summed E-state index contributed by atoms with van der Waals surface area (Å²) in [6.07, 6.45) is 2.86. The minimum atomic E-state index is -3.58. The van der Waals surface area contributed by atoms with Crippen LogP contribution in [0.25, 0.3) is 16.7 Å². The third kappa shape index (κ3) is 3.49. The molecular formula is C20H22N8O2S. The summed E-state index contributed by atoms with van der Waals surface area (Å²) in [6, 6.07) is 11.2. The summed E-state index contributed by atoms with van der Waals surface area (Å²) < 4.78 is 31.5. The second-order valence-electron chi connectivity index (χ2n) is 7.86. The molecule has 10 nitrogen and oxygen atoms in total. The van der Waals surface area contributed by atoms with Crippen LogP contribution in [0.5, 0.6) is 0 Å². The van der Waals surface area contributed by atoms with Crippen molar-refractivity contribution >= 4 is 21.1 Å². The number of fused-ring (bicyclic) bond motifs is 1. The van der Waals surface area contributed by atoms with E-state index >= 15 is 0 Å². The third-order valence-corrected chi connectivity index (χ3v) is 7.69. The Morgan fingerprint density at radius 2 is 1.81 bits per heavy atom. The van der Waals surface area contributed by atoms with Crippen molar-refractivity contribution < 1.29 is 8.42 Å². The van der Waals surface area contributed by atoms with Gasteiger partial charge in [-0.05, 0) is 78.6 Å². The number of aromatic nitrogens is 7. The smallest absolute Gasteiger partial charge is 0.242 e. The molecule has 31 heavy (non-hydrogen) atoms. The van der Waals surface area contributed by atoms with E-state index in [1.165, 1.54) is 11.0 Å². The molecule has 5 rings (SSSR count). The molecule has 0 N–H and O–H groups in total. The van der Waals surface area contributed by atoms with E-state index in [1.54, 1.807) is 22.5 Å². The van der Waals surface area contributed by atoms with E-state index in [0.29, 0.717) is 25.9 Å². The second-order valence-corrected chi connectivity index (χ2v) is 9.80. The molecule has 0 bridgehead atoms. The SMILES string of the molecule is Cc1ccc2c(c1)nnn2C1CCN(S(=O)(=O)c2ccc(-n3cnnn3)c(C)c2)CC1. The first-order chi connectivity index (χ1) is 14.9. The minimum Gasteiger partial charge on any atom is -0.242 e. The molecule has 0 spiro atoms. The van der Waals surface area contributed by atoms with Gasteiger partial charge in [0, 0.05) is 13.1 Å². The van der Waals surface area contributed by atoms with Crippen LogP contribution in [0, 0.1) is 13.8 Å². The number of rotatable bonds is 4. The second kappa shape index (κ2) is 7.50. The summed E-state index contributed by atoms with van der Waals surface area (Å²) in [4.78, 5) is 0.280. The van der Waals surface area contributed by atoms with Crippen LogP contribution in [-0.2, 0) is 10.0 Å². The van der Waals surface area contributed by atoms with E-state index in [4.69, 9.17) is 0 Å². The van der Waals surface area contributed by atoms with Gasteiger partial charge in [0.25, 0.3) is 0 Å². The molecule has 4 aromatic rings. The van der Waals surface area contributed by atoms with Crippen LogP contribution in [0.3, 0.4) is 0 Å². The van der Waals surface area contributed by atoms with Gasteiger partial charge in [-0.2, -0.15) is 4.31 Å². The van der Waals surface area contributed by atoms with Gasteiger partial charge in [0.15, 0.2) is 0 Å². The zero-order valence-electron chi connectivity index (χ0n) is 17.2. The number of sulfonamides is 1. The molecule has 0 saturated carbocycles. The number of piperidine rings is 1. The highest BCUT2D eigenvalue weighted by Crippen LogP contribution is 2.29. The van der Waals surface area contributed by atoms with Gasteiger partial charge in [-0.25, -0.2) is 17.8 Å². The number of hydrogen-bond donors (Lipinski definition) is 0. The normalized spacial score (nSPS) is 16.2. The van der Waals surface area contributed by atoms with Crippen LogP contribution < -0.4 is 0 Å². The van der Waals surface area contributed by atoms with Crippen molar-refractivity contribution in [2.75, 3.05) is 13.1 Å². The van der Waals surface area contributed by atoms with Crippen LogP contribution in [-0.4, -0.2) is 61.0 Å². The average molecular weight is 439 g/mol. The number of nitrogens with zero attached hydrogens (tertiary/aromatic N) is 8. The highest BCUT2D eigenvalue weighted by molar-refractivity contribution is 7.89. The highest BCUT2D eigenvalue weighted by Gasteiger charge is 2.31. The maximum absolute atomic E-state index is 13.2. The zero-order valence-corrected chi connectivity index (χ0v) is 18.1. The van der Waals surface area contributed by atoms with Crippen molar-refractivity contribution in [3.05, 3.63) is 53.9 Å². The van der Waals surface area contributed by atoms with E-state index in [1.807, 2.05) is 36.7 Å². The molecule has 1 aliphatic heterocycles. The topological polar surface area (TPSA) is 112 Å². The molecule has 2 aromatic carbocycles. The molecule has 0 unspecified atom stereocenters. The maximum atomic E-state index is 13.2. The lowest BCUT2D eigenvalue weighted by Gasteiger charge is -2.31. The van der Waals surface area contributed by atoms with Crippen molar-refractivity contribution in [1.29, 1.82) is 0 Å². The van der Waals surface area contributed by atoms with Crippen LogP contribution in [0.2, 0.25) is 0 Å². The lowest BCUT2D eigenvalue weighted by Crippen LogP contribution is -2.39. The fourth-order valence-corrected chi connectivity index (χ4v) is 5.67. The molecule has 11 heteroatoms. The lowest BCUT2D eigenvalue weighted by atomic mass is 10.1. The average Bonchev–Trinajstić information content (AvgIpc) is 3.43. The first kappa shape index (κ1) is 19.8. The van der Waals surface area contributed by atoms with Crippen LogP contribution in [0.4, 0.5) is 0 Å². The molecule has 0 aliphatic carbocycles. The predicted molar refractivity (Wildman–Crippen MR) is 113 cm³/mol. The molecule has 160 valence electrons. The Kier molecular flexibility index (Phi) is 4.78. The lowest BCUT2D eigenvalue weighted by molar-refractivity contribution is 0.263. The first-order valence-electron chi connectivity index (χ1n) is 10.1. The molecule has 3 heterocycles. The Hall–Kier alpha value is -3.18. The van der Waals surface area contributed by atoms with Gasteiger partial charge >= 0.3 is 0 Å². The molecule has 2 aromatic heterocycles. The van der Waals surface area contributed by atoms with Gasteiger partial charge in [-0.1, -0.05) is 11.3 Å². The molecule has 1 saturated heterocycles. The summed E-state index contributed by atoms with van der Waals surface area (Å²) in [7, 11) is -3.58. The van der Waals surface area contributed by atoms with Gasteiger partial charge in [-0.15, -0.1) is 10.2 Å². The molecular weight excluding hydrogens is 416 g/mol. The fraction of sp³-hybridized carbons (Fsp3) is 0.350. The summed E-state index contributed by atoms with van der Waals surface area (Å²) in [5.41, 5.74) is 4.53. The monoisotopic (exact) mass is 438 g/mol. The summed E-state index contributed by atoms with van der Waals surface area (Å²) in [6.45, 7) is 4.75. The Labute approximate surface area is 179 Å². The fourth-order valence-electron chi connectivity index (χ4n) is 4.11. The number of tetrazole rings is 1. The largest absolute Gasteiger partial charge is 0.243 e. The molecule has 0 amide bonds. The molecule has 1 fully saturated rings. The van der Waals surface area contributed by atoms with Crippen molar-refractivity contribution in [2.24, 2.45) is 0 Å². The van der Waals surface area contributed by atoms with E-state index in [2.05, 4.69) is 25.8 Å². The Morgan fingerprint density at radius 3 is 2.52 bits per heavy atom. The van der Waals surface area contributed by atoms with Gasteiger partial charge in [-0.3, -0.25) is 0 Å². The van der Waals surface area contributed by atoms with Gasteiger partial charge < -0.3 is 0 Å². The first-order valence-corrected chi connectivity index (χ1v) is 11.5. The van der Waals surface area contributed by atoms with E-state index in [0.717, 1.165) is 27.8 Å². The van der Waals surface area contributed by atoms with Crippen molar-refractivity contribution in [3.63, 3.8) is 0 Å². The minimum absolute atomic E-state index is 0.128. The van der Waals surface area contributed by atoms with Crippen molar-refractivity contribution in [1.82, 2.24) is 39.5 Å². The predicted octanol–water partition coefficient (Wildman–Crippen LogP) is 2.05. The quantitative estimate of drug-likeness (QED) is 0.479. The highest BCUT2D eigenvalue weighted by atomic mass is 32.2. The summed E-state index contributed by atoms with van der Waals surface area (Å²) >= 11 is 0. The summed E-state index contributed by atoms with van der Waals surface area (Å²) in [5, 5.41) is 19.7. The van der Waals surface area contributed by atoms with Crippen LogP contribution >= 0.6 is 0 Å². The maximum Gasteiger partial charge on any atom is 0.243 e. The Balaban J connectivity index is 1.34. The van der Waals surface area contributed by atoms with Crippen LogP contribution in [0.15, 0.2) is 47.6 Å². The van der Waals surface area contributed by atoms with Gasteiger partial charge in [0.05, 0.1) is 22.1 Å². The number of aryl methyl sites for hydroxylation is 2. The van der Waals surface area contributed by atoms with E-state index in [9.17, 15) is 8.42 Å². The standard InChI is InChI=1S/C20H22N8O2S/c1-14-3-5-20-18(11-14)22-24-28(20)16-7-9-26(10-8-16)31(29,30)17-4-6-19(15(2)12-17)27-13-21-23-25-27/h3-6,11-13,16H,7-10H2,1-2H3.